The molecule has 1 aliphatic rings. The summed E-state index contributed by atoms with van der Waals surface area (Å²) in [7, 11) is 0. The molecule has 1 aromatic carbocycles. The minimum atomic E-state index is 0.158. The summed E-state index contributed by atoms with van der Waals surface area (Å²) in [5.74, 6) is 0.158. The van der Waals surface area contributed by atoms with Crippen molar-refractivity contribution in [2.75, 3.05) is 25.0 Å². The summed E-state index contributed by atoms with van der Waals surface area (Å²) in [5, 5.41) is 3.75. The van der Waals surface area contributed by atoms with Crippen molar-refractivity contribution in [2.45, 2.75) is 32.1 Å². The zero-order valence-electron chi connectivity index (χ0n) is 11.5. The van der Waals surface area contributed by atoms with Crippen molar-refractivity contribution in [2.24, 2.45) is 0 Å². The van der Waals surface area contributed by atoms with Gasteiger partial charge in [0.25, 0.3) is 0 Å². The van der Waals surface area contributed by atoms with Gasteiger partial charge in [0, 0.05) is 17.6 Å². The van der Waals surface area contributed by atoms with E-state index in [1.54, 1.807) is 0 Å². The first-order valence-electron chi connectivity index (χ1n) is 7.13. The maximum Gasteiger partial charge on any atom is 0.241 e. The zero-order valence-corrected chi connectivity index (χ0v) is 13.8. The van der Waals surface area contributed by atoms with E-state index in [0.717, 1.165) is 36.1 Å². The van der Waals surface area contributed by atoms with Crippen LogP contribution >= 0.6 is 27.5 Å². The molecule has 110 valence electrons. The summed E-state index contributed by atoms with van der Waals surface area (Å²) in [5.41, 5.74) is 0.801. The number of hydrogen-bond acceptors (Lipinski definition) is 2. The second kappa shape index (κ2) is 7.89. The molecule has 2 rings (SSSR count). The molecule has 1 saturated heterocycles. The third-order valence-electron chi connectivity index (χ3n) is 3.57. The van der Waals surface area contributed by atoms with Crippen molar-refractivity contribution >= 4 is 39.1 Å². The monoisotopic (exact) mass is 358 g/mol. The van der Waals surface area contributed by atoms with Crippen LogP contribution in [0.2, 0.25) is 5.02 Å². The van der Waals surface area contributed by atoms with Crippen molar-refractivity contribution in [1.29, 1.82) is 0 Å². The van der Waals surface area contributed by atoms with Crippen molar-refractivity contribution in [3.63, 3.8) is 0 Å². The number of anilines is 1. The number of benzene rings is 1. The highest BCUT2D eigenvalue weighted by Gasteiger charge is 2.14. The minimum Gasteiger partial charge on any atom is -0.375 e. The Morgan fingerprint density at radius 1 is 1.20 bits per heavy atom. The average molecular weight is 360 g/mol. The van der Waals surface area contributed by atoms with Crippen LogP contribution in [0.15, 0.2) is 22.7 Å². The molecule has 0 spiro atoms. The molecular weight excluding hydrogens is 340 g/mol. The van der Waals surface area contributed by atoms with Crippen LogP contribution in [0.5, 0.6) is 0 Å². The second-order valence-electron chi connectivity index (χ2n) is 5.13. The van der Waals surface area contributed by atoms with Gasteiger partial charge < -0.3 is 10.2 Å². The molecular formula is C15H20BrClN2O. The molecule has 0 radical (unpaired) electrons. The normalized spacial score (nSPS) is 16.4. The van der Waals surface area contributed by atoms with Crippen molar-refractivity contribution < 1.29 is 4.79 Å². The van der Waals surface area contributed by atoms with E-state index in [-0.39, 0.29) is 5.91 Å². The smallest absolute Gasteiger partial charge is 0.241 e. The highest BCUT2D eigenvalue weighted by Crippen LogP contribution is 2.25. The van der Waals surface area contributed by atoms with Gasteiger partial charge in [0.2, 0.25) is 5.91 Å². The first-order valence-corrected chi connectivity index (χ1v) is 8.30. The van der Waals surface area contributed by atoms with Gasteiger partial charge in [-0.25, -0.2) is 0 Å². The summed E-state index contributed by atoms with van der Waals surface area (Å²) >= 11 is 9.50. The van der Waals surface area contributed by atoms with Crippen LogP contribution in [-0.2, 0) is 4.79 Å². The number of carbonyl (C=O) groups excluding carboxylic acids is 1. The summed E-state index contributed by atoms with van der Waals surface area (Å²) in [4.78, 5) is 14.2. The molecule has 0 aliphatic carbocycles. The Balaban J connectivity index is 1.87. The number of halogens is 2. The molecule has 1 N–H and O–H groups in total. The maximum atomic E-state index is 12.2. The predicted octanol–water partition coefficient (Wildman–Crippen LogP) is 4.31. The number of hydrogen-bond donors (Lipinski definition) is 1. The Bertz CT molecular complexity index is 459. The van der Waals surface area contributed by atoms with Gasteiger partial charge in [-0.1, -0.05) is 46.8 Å². The third kappa shape index (κ3) is 4.67. The molecule has 0 unspecified atom stereocenters. The van der Waals surface area contributed by atoms with E-state index < -0.39 is 0 Å². The molecule has 20 heavy (non-hydrogen) atoms. The predicted molar refractivity (Wildman–Crippen MR) is 87.3 cm³/mol. The number of carbonyl (C=O) groups is 1. The summed E-state index contributed by atoms with van der Waals surface area (Å²) < 4.78 is 0.933. The minimum absolute atomic E-state index is 0.158. The Morgan fingerprint density at radius 2 is 1.85 bits per heavy atom. The molecule has 0 atom stereocenters. The van der Waals surface area contributed by atoms with Crippen LogP contribution in [0.4, 0.5) is 5.69 Å². The van der Waals surface area contributed by atoms with E-state index in [9.17, 15) is 4.79 Å². The lowest BCUT2D eigenvalue weighted by atomic mass is 10.1. The summed E-state index contributed by atoms with van der Waals surface area (Å²) in [6, 6.07) is 5.62. The van der Waals surface area contributed by atoms with Crippen LogP contribution < -0.4 is 5.32 Å². The lowest BCUT2D eigenvalue weighted by molar-refractivity contribution is -0.129. The quantitative estimate of drug-likeness (QED) is 0.872. The van der Waals surface area contributed by atoms with Crippen molar-refractivity contribution in [1.82, 2.24) is 4.90 Å². The van der Waals surface area contributed by atoms with Gasteiger partial charge in [-0.05, 0) is 31.0 Å². The molecule has 0 saturated carbocycles. The van der Waals surface area contributed by atoms with Crippen LogP contribution in [0.1, 0.15) is 32.1 Å². The topological polar surface area (TPSA) is 32.3 Å². The van der Waals surface area contributed by atoms with Crippen LogP contribution in [0, 0.1) is 0 Å². The number of amides is 1. The number of likely N-dealkylation sites (tertiary alicyclic amines) is 1. The molecule has 3 nitrogen and oxygen atoms in total. The number of nitrogens with zero attached hydrogens (tertiary/aromatic N) is 1. The van der Waals surface area contributed by atoms with E-state index in [1.807, 2.05) is 23.1 Å². The molecule has 1 fully saturated rings. The van der Waals surface area contributed by atoms with Gasteiger partial charge in [0.15, 0.2) is 0 Å². The van der Waals surface area contributed by atoms with Crippen LogP contribution in [-0.4, -0.2) is 30.4 Å². The Labute approximate surface area is 133 Å². The van der Waals surface area contributed by atoms with Gasteiger partial charge in [-0.2, -0.15) is 0 Å². The highest BCUT2D eigenvalue weighted by atomic mass is 79.9. The average Bonchev–Trinajstić information content (AvgIpc) is 2.37. The zero-order chi connectivity index (χ0) is 14.4. The van der Waals surface area contributed by atoms with Gasteiger partial charge in [0.1, 0.15) is 0 Å². The second-order valence-corrected chi connectivity index (χ2v) is 6.45. The molecule has 0 aromatic heterocycles. The Kier molecular flexibility index (Phi) is 6.17. The fourth-order valence-electron chi connectivity index (χ4n) is 2.41. The van der Waals surface area contributed by atoms with E-state index in [1.165, 1.54) is 19.3 Å². The van der Waals surface area contributed by atoms with Crippen LogP contribution in [0.3, 0.4) is 0 Å². The molecule has 1 aromatic rings. The highest BCUT2D eigenvalue weighted by molar-refractivity contribution is 9.10. The summed E-state index contributed by atoms with van der Waals surface area (Å²) in [6.45, 7) is 2.07. The lowest BCUT2D eigenvalue weighted by Gasteiger charge is -2.25. The SMILES string of the molecule is O=C(CNc1ccc(Br)cc1Cl)N1CCCCCCC1. The first kappa shape index (κ1) is 15.6. The van der Waals surface area contributed by atoms with E-state index in [0.29, 0.717) is 11.6 Å². The van der Waals surface area contributed by atoms with E-state index in [2.05, 4.69) is 21.2 Å². The lowest BCUT2D eigenvalue weighted by Crippen LogP contribution is -2.37. The Hall–Kier alpha value is -0.740. The van der Waals surface area contributed by atoms with Crippen molar-refractivity contribution in [3.05, 3.63) is 27.7 Å². The van der Waals surface area contributed by atoms with E-state index in [4.69, 9.17) is 11.6 Å². The Morgan fingerprint density at radius 3 is 2.50 bits per heavy atom. The fraction of sp³-hybridized carbons (Fsp3) is 0.533. The van der Waals surface area contributed by atoms with Crippen molar-refractivity contribution in [3.8, 4) is 0 Å². The first-order chi connectivity index (χ1) is 9.66. The standard InChI is InChI=1S/C15H20BrClN2O/c16-12-6-7-14(13(17)10-12)18-11-15(20)19-8-4-2-1-3-5-9-19/h6-7,10,18H,1-5,8-9,11H2. The largest absolute Gasteiger partial charge is 0.375 e. The third-order valence-corrected chi connectivity index (χ3v) is 4.38. The maximum absolute atomic E-state index is 12.2. The molecule has 5 heteroatoms. The fourth-order valence-corrected chi connectivity index (χ4v) is 3.15. The van der Waals surface area contributed by atoms with Gasteiger partial charge in [-0.3, -0.25) is 4.79 Å². The van der Waals surface area contributed by atoms with Gasteiger partial charge >= 0.3 is 0 Å². The molecule has 1 amide bonds. The molecule has 1 aliphatic heterocycles. The van der Waals surface area contributed by atoms with Gasteiger partial charge in [0.05, 0.1) is 17.3 Å². The molecule has 0 bridgehead atoms. The van der Waals surface area contributed by atoms with Crippen LogP contribution in [0.25, 0.3) is 0 Å². The van der Waals surface area contributed by atoms with Gasteiger partial charge in [-0.15, -0.1) is 0 Å². The number of nitrogens with one attached hydrogen (secondary N) is 1. The molecule has 1 heterocycles. The number of rotatable bonds is 3. The van der Waals surface area contributed by atoms with E-state index >= 15 is 0 Å². The summed E-state index contributed by atoms with van der Waals surface area (Å²) in [6.07, 6.45) is 6.00.